The van der Waals surface area contributed by atoms with Crippen LogP contribution in [0, 0.1) is 18.2 Å². The van der Waals surface area contributed by atoms with Gasteiger partial charge in [-0.05, 0) is 42.3 Å². The molecule has 1 N–H and O–H groups in total. The van der Waals surface area contributed by atoms with Gasteiger partial charge in [0.05, 0.1) is 12.3 Å². The van der Waals surface area contributed by atoms with Crippen molar-refractivity contribution in [2.24, 2.45) is 7.05 Å². The van der Waals surface area contributed by atoms with Crippen molar-refractivity contribution in [1.82, 2.24) is 15.1 Å². The normalized spacial score (nSPS) is 9.87. The van der Waals surface area contributed by atoms with E-state index in [0.29, 0.717) is 25.3 Å². The highest BCUT2D eigenvalue weighted by atomic mass is 35.5. The van der Waals surface area contributed by atoms with E-state index in [4.69, 9.17) is 16.3 Å². The zero-order chi connectivity index (χ0) is 16.7. The summed E-state index contributed by atoms with van der Waals surface area (Å²) in [5, 5.41) is 9.35. The van der Waals surface area contributed by atoms with E-state index in [0.717, 1.165) is 17.0 Å². The maximum Gasteiger partial charge on any atom is 0.269 e. The molecule has 0 fully saturated rings. The molecule has 1 heterocycles. The Labute approximate surface area is 140 Å². The summed E-state index contributed by atoms with van der Waals surface area (Å²) in [5.41, 5.74) is 2.31. The fraction of sp³-hybridized carbons (Fsp3) is 0.294. The first-order valence-electron chi connectivity index (χ1n) is 7.19. The van der Waals surface area contributed by atoms with E-state index in [9.17, 15) is 4.79 Å². The number of hydrogen-bond acceptors (Lipinski definition) is 3. The smallest absolute Gasteiger partial charge is 0.269 e. The summed E-state index contributed by atoms with van der Waals surface area (Å²) in [5.74, 6) is 3.31. The molecule has 2 rings (SSSR count). The second-order valence-corrected chi connectivity index (χ2v) is 5.18. The fourth-order valence-corrected chi connectivity index (χ4v) is 2.20. The van der Waals surface area contributed by atoms with Crippen LogP contribution in [0.4, 0.5) is 0 Å². The van der Waals surface area contributed by atoms with Crippen LogP contribution in [0.5, 0.6) is 5.75 Å². The van der Waals surface area contributed by atoms with Gasteiger partial charge in [0.2, 0.25) is 0 Å². The topological polar surface area (TPSA) is 56.1 Å². The minimum absolute atomic E-state index is 0.156. The molecule has 0 spiro atoms. The van der Waals surface area contributed by atoms with Crippen LogP contribution >= 0.6 is 11.6 Å². The second kappa shape index (κ2) is 8.25. The maximum atomic E-state index is 12.2. The van der Waals surface area contributed by atoms with Gasteiger partial charge in [-0.2, -0.15) is 5.10 Å². The number of ether oxygens (including phenoxy) is 1. The molecule has 120 valence electrons. The number of nitrogens with one attached hydrogen (secondary N) is 1. The second-order valence-electron chi connectivity index (χ2n) is 4.99. The van der Waals surface area contributed by atoms with E-state index in [2.05, 4.69) is 21.7 Å². The highest BCUT2D eigenvalue weighted by Crippen LogP contribution is 2.13. The van der Waals surface area contributed by atoms with E-state index < -0.39 is 0 Å². The molecule has 1 amide bonds. The monoisotopic (exact) mass is 331 g/mol. The Morgan fingerprint density at radius 2 is 2.26 bits per heavy atom. The third-order valence-corrected chi connectivity index (χ3v) is 3.28. The van der Waals surface area contributed by atoms with Crippen molar-refractivity contribution >= 4 is 17.5 Å². The van der Waals surface area contributed by atoms with E-state index in [1.807, 2.05) is 31.2 Å². The van der Waals surface area contributed by atoms with E-state index in [1.54, 1.807) is 17.8 Å². The molecule has 0 bridgehead atoms. The summed E-state index contributed by atoms with van der Waals surface area (Å²) in [6.07, 6.45) is 0.574. The average molecular weight is 332 g/mol. The van der Waals surface area contributed by atoms with Crippen LogP contribution in [-0.2, 0) is 13.6 Å². The number of carbonyl (C=O) groups excluding carboxylic acids is 1. The maximum absolute atomic E-state index is 12.2. The van der Waals surface area contributed by atoms with Crippen molar-refractivity contribution in [2.75, 3.05) is 6.61 Å². The summed E-state index contributed by atoms with van der Waals surface area (Å²) in [6.45, 7) is 2.75. The molecule has 0 atom stereocenters. The summed E-state index contributed by atoms with van der Waals surface area (Å²) in [6, 6.07) is 9.33. The van der Waals surface area contributed by atoms with Crippen molar-refractivity contribution in [1.29, 1.82) is 0 Å². The molecule has 23 heavy (non-hydrogen) atoms. The van der Waals surface area contributed by atoms with Crippen molar-refractivity contribution in [3.63, 3.8) is 0 Å². The minimum Gasteiger partial charge on any atom is -0.493 e. The predicted molar refractivity (Wildman–Crippen MR) is 89.3 cm³/mol. The van der Waals surface area contributed by atoms with Crippen LogP contribution in [0.25, 0.3) is 0 Å². The van der Waals surface area contributed by atoms with Gasteiger partial charge in [-0.1, -0.05) is 18.1 Å². The van der Waals surface area contributed by atoms with Gasteiger partial charge in [0.15, 0.2) is 0 Å². The Kier molecular flexibility index (Phi) is 6.07. The molecule has 0 radical (unpaired) electrons. The molecule has 1 aromatic heterocycles. The minimum atomic E-state index is -0.156. The van der Waals surface area contributed by atoms with Gasteiger partial charge in [-0.25, -0.2) is 0 Å². The molecule has 1 aromatic carbocycles. The number of carbonyl (C=O) groups is 1. The van der Waals surface area contributed by atoms with Crippen molar-refractivity contribution in [3.05, 3.63) is 47.3 Å². The molecule has 0 aliphatic rings. The predicted octanol–water partition coefficient (Wildman–Crippen LogP) is 2.63. The standard InChI is InChI=1S/C17H18ClN3O2/c1-13-10-16(21(2)20-13)17(22)19-12-14-6-5-7-15(11-14)23-9-4-3-8-18/h5-7,10-11H,4,9,12H2,1-2H3,(H,19,22). The lowest BCUT2D eigenvalue weighted by Gasteiger charge is -2.08. The molecule has 0 saturated carbocycles. The van der Waals surface area contributed by atoms with Gasteiger partial charge in [0.25, 0.3) is 5.91 Å². The molecule has 0 aliphatic heterocycles. The lowest BCUT2D eigenvalue weighted by atomic mass is 10.2. The van der Waals surface area contributed by atoms with Crippen LogP contribution in [0.15, 0.2) is 30.3 Å². The number of hydrogen-bond donors (Lipinski definition) is 1. The number of aromatic nitrogens is 2. The average Bonchev–Trinajstić information content (AvgIpc) is 2.88. The fourth-order valence-electron chi connectivity index (χ4n) is 2.11. The Bertz CT molecular complexity index is 744. The Balaban J connectivity index is 1.91. The van der Waals surface area contributed by atoms with Gasteiger partial charge >= 0.3 is 0 Å². The van der Waals surface area contributed by atoms with Crippen molar-refractivity contribution < 1.29 is 9.53 Å². The molecule has 0 unspecified atom stereocenters. The largest absolute Gasteiger partial charge is 0.493 e. The van der Waals surface area contributed by atoms with Gasteiger partial charge in [-0.15, -0.1) is 0 Å². The highest BCUT2D eigenvalue weighted by molar-refractivity contribution is 6.30. The number of nitrogens with zero attached hydrogens (tertiary/aromatic N) is 2. The van der Waals surface area contributed by atoms with Gasteiger partial charge in [0.1, 0.15) is 11.4 Å². The first-order valence-corrected chi connectivity index (χ1v) is 7.57. The van der Waals surface area contributed by atoms with E-state index >= 15 is 0 Å². The first kappa shape index (κ1) is 16.9. The number of halogens is 1. The molecular weight excluding hydrogens is 314 g/mol. The molecule has 2 aromatic rings. The Hall–Kier alpha value is -2.45. The summed E-state index contributed by atoms with van der Waals surface area (Å²) < 4.78 is 7.15. The zero-order valence-electron chi connectivity index (χ0n) is 13.1. The summed E-state index contributed by atoms with van der Waals surface area (Å²) in [4.78, 5) is 12.2. The zero-order valence-corrected chi connectivity index (χ0v) is 13.9. The van der Waals surface area contributed by atoms with E-state index in [1.165, 1.54) is 0 Å². The molecule has 0 aliphatic carbocycles. The summed E-state index contributed by atoms with van der Waals surface area (Å²) in [7, 11) is 1.75. The van der Waals surface area contributed by atoms with Crippen molar-refractivity contribution in [3.8, 4) is 17.0 Å². The molecular formula is C17H18ClN3O2. The van der Waals surface area contributed by atoms with Crippen LogP contribution in [-0.4, -0.2) is 22.3 Å². The number of aryl methyl sites for hydroxylation is 2. The van der Waals surface area contributed by atoms with Crippen LogP contribution in [0.2, 0.25) is 0 Å². The quantitative estimate of drug-likeness (QED) is 0.654. The Morgan fingerprint density at radius 3 is 2.96 bits per heavy atom. The lowest BCUT2D eigenvalue weighted by Crippen LogP contribution is -2.25. The number of amides is 1. The van der Waals surface area contributed by atoms with Gasteiger partial charge < -0.3 is 10.1 Å². The van der Waals surface area contributed by atoms with Crippen LogP contribution in [0.3, 0.4) is 0 Å². The Morgan fingerprint density at radius 1 is 1.43 bits per heavy atom. The summed E-state index contributed by atoms with van der Waals surface area (Å²) >= 11 is 5.28. The van der Waals surface area contributed by atoms with E-state index in [-0.39, 0.29) is 5.91 Å². The first-order chi connectivity index (χ1) is 11.1. The molecule has 0 saturated heterocycles. The highest BCUT2D eigenvalue weighted by Gasteiger charge is 2.11. The number of benzene rings is 1. The van der Waals surface area contributed by atoms with Crippen molar-refractivity contribution in [2.45, 2.75) is 19.9 Å². The van der Waals surface area contributed by atoms with Crippen LogP contribution < -0.4 is 10.1 Å². The van der Waals surface area contributed by atoms with Gasteiger partial charge in [-0.3, -0.25) is 9.48 Å². The molecule has 6 heteroatoms. The van der Waals surface area contributed by atoms with Crippen LogP contribution in [0.1, 0.15) is 28.2 Å². The third kappa shape index (κ3) is 5.04. The lowest BCUT2D eigenvalue weighted by molar-refractivity contribution is 0.0941. The van der Waals surface area contributed by atoms with Gasteiger partial charge in [0, 0.05) is 25.4 Å². The third-order valence-electron chi connectivity index (χ3n) is 3.15. The SMILES string of the molecule is Cc1cc(C(=O)NCc2cccc(OCCC#CCl)c2)n(C)n1. The molecule has 5 nitrogen and oxygen atoms in total. The number of rotatable bonds is 6.